The predicted molar refractivity (Wildman–Crippen MR) is 121 cm³/mol. The minimum absolute atomic E-state index is 0.0192. The maximum Gasteiger partial charge on any atom is 0.227 e. The Morgan fingerprint density at radius 1 is 1.06 bits per heavy atom. The molecule has 166 valence electrons. The fourth-order valence-electron chi connectivity index (χ4n) is 3.82. The van der Waals surface area contributed by atoms with E-state index in [-0.39, 0.29) is 17.9 Å². The summed E-state index contributed by atoms with van der Waals surface area (Å²) in [5.74, 6) is 1.47. The molecule has 0 spiro atoms. The molecule has 6 nitrogen and oxygen atoms in total. The van der Waals surface area contributed by atoms with Gasteiger partial charge in [-0.25, -0.2) is 0 Å². The average molecular weight is 445 g/mol. The zero-order chi connectivity index (χ0) is 22.2. The number of carbonyl (C=O) groups excluding carboxylic acids is 2. The molecule has 7 heteroatoms. The van der Waals surface area contributed by atoms with Crippen molar-refractivity contribution < 1.29 is 19.1 Å². The quantitative estimate of drug-likeness (QED) is 0.675. The zero-order valence-electron chi connectivity index (χ0n) is 18.0. The summed E-state index contributed by atoms with van der Waals surface area (Å²) in [5.41, 5.74) is 1.89. The van der Waals surface area contributed by atoms with Crippen molar-refractivity contribution in [3.05, 3.63) is 58.6 Å². The first-order valence-corrected chi connectivity index (χ1v) is 10.9. The van der Waals surface area contributed by atoms with Gasteiger partial charge in [0.2, 0.25) is 11.8 Å². The lowest BCUT2D eigenvalue weighted by Gasteiger charge is -2.32. The van der Waals surface area contributed by atoms with Crippen LogP contribution in [0.15, 0.2) is 42.5 Å². The number of piperidine rings is 1. The van der Waals surface area contributed by atoms with Crippen LogP contribution in [0.3, 0.4) is 0 Å². The highest BCUT2D eigenvalue weighted by Crippen LogP contribution is 2.25. The normalized spacial score (nSPS) is 14.2. The van der Waals surface area contributed by atoms with Gasteiger partial charge in [-0.3, -0.25) is 9.59 Å². The molecule has 0 aliphatic carbocycles. The first-order valence-electron chi connectivity index (χ1n) is 10.5. The fourth-order valence-corrected chi connectivity index (χ4v) is 4.10. The largest absolute Gasteiger partial charge is 0.496 e. The van der Waals surface area contributed by atoms with Crippen molar-refractivity contribution >= 4 is 23.4 Å². The molecule has 2 aromatic carbocycles. The smallest absolute Gasteiger partial charge is 0.227 e. The van der Waals surface area contributed by atoms with Crippen molar-refractivity contribution in [2.45, 2.75) is 38.1 Å². The molecule has 1 heterocycles. The molecule has 0 atom stereocenters. The van der Waals surface area contributed by atoms with Gasteiger partial charge in [0.1, 0.15) is 11.5 Å². The molecule has 2 aromatic rings. The number of benzene rings is 2. The van der Waals surface area contributed by atoms with Gasteiger partial charge in [0.15, 0.2) is 0 Å². The number of amides is 2. The lowest BCUT2D eigenvalue weighted by molar-refractivity contribution is -0.131. The molecule has 1 saturated heterocycles. The van der Waals surface area contributed by atoms with E-state index in [1.165, 1.54) is 0 Å². The number of nitrogens with one attached hydrogen (secondary N) is 1. The van der Waals surface area contributed by atoms with E-state index in [2.05, 4.69) is 5.32 Å². The lowest BCUT2D eigenvalue weighted by atomic mass is 10.0. The van der Waals surface area contributed by atoms with E-state index in [9.17, 15) is 9.59 Å². The van der Waals surface area contributed by atoms with Crippen molar-refractivity contribution in [3.63, 3.8) is 0 Å². The van der Waals surface area contributed by atoms with Crippen LogP contribution in [-0.2, 0) is 22.4 Å². The van der Waals surface area contributed by atoms with E-state index in [1.54, 1.807) is 14.2 Å². The number of carbonyl (C=O) groups is 2. The van der Waals surface area contributed by atoms with Crippen LogP contribution in [0.4, 0.5) is 0 Å². The Bertz CT molecular complexity index is 910. The minimum atomic E-state index is 0.0192. The van der Waals surface area contributed by atoms with E-state index in [1.807, 2.05) is 47.4 Å². The molecule has 31 heavy (non-hydrogen) atoms. The molecule has 2 amide bonds. The van der Waals surface area contributed by atoms with Crippen LogP contribution < -0.4 is 14.8 Å². The van der Waals surface area contributed by atoms with E-state index in [4.69, 9.17) is 21.1 Å². The number of para-hydroxylation sites is 1. The number of hydrogen-bond acceptors (Lipinski definition) is 4. The van der Waals surface area contributed by atoms with Gasteiger partial charge >= 0.3 is 0 Å². The van der Waals surface area contributed by atoms with Gasteiger partial charge in [0.25, 0.3) is 0 Å². The average Bonchev–Trinajstić information content (AvgIpc) is 2.78. The standard InChI is InChI=1S/C24H29ClN2O4/c1-30-21-6-4-3-5-18(21)16-24(29)27-13-11-19(12-14-27)26-23(28)10-8-17-7-9-22(31-2)20(25)15-17/h3-7,9,15,19H,8,10-14,16H2,1-2H3,(H,26,28). The van der Waals surface area contributed by atoms with Gasteiger partial charge in [-0.1, -0.05) is 35.9 Å². The SMILES string of the molecule is COc1ccc(CCC(=O)NC2CCN(C(=O)Cc3ccccc3OC)CC2)cc1Cl. The van der Waals surface area contributed by atoms with Gasteiger partial charge in [-0.2, -0.15) is 0 Å². The Hall–Kier alpha value is -2.73. The van der Waals surface area contributed by atoms with Crippen molar-refractivity contribution in [2.75, 3.05) is 27.3 Å². The monoisotopic (exact) mass is 444 g/mol. The number of hydrogen-bond donors (Lipinski definition) is 1. The molecule has 1 fully saturated rings. The van der Waals surface area contributed by atoms with Crippen molar-refractivity contribution in [2.24, 2.45) is 0 Å². The molecule has 1 aliphatic rings. The fraction of sp³-hybridized carbons (Fsp3) is 0.417. The number of likely N-dealkylation sites (tertiary alicyclic amines) is 1. The number of nitrogens with zero attached hydrogens (tertiary/aromatic N) is 1. The summed E-state index contributed by atoms with van der Waals surface area (Å²) in [5, 5.41) is 3.65. The maximum absolute atomic E-state index is 12.7. The third-order valence-corrected chi connectivity index (χ3v) is 5.90. The van der Waals surface area contributed by atoms with Crippen molar-refractivity contribution in [1.82, 2.24) is 10.2 Å². The zero-order valence-corrected chi connectivity index (χ0v) is 18.8. The second-order valence-corrected chi connectivity index (χ2v) is 8.09. The van der Waals surface area contributed by atoms with Crippen LogP contribution in [-0.4, -0.2) is 50.1 Å². The highest BCUT2D eigenvalue weighted by molar-refractivity contribution is 6.32. The number of ether oxygens (including phenoxy) is 2. The van der Waals surface area contributed by atoms with Crippen LogP contribution >= 0.6 is 11.6 Å². The molecule has 0 radical (unpaired) electrons. The summed E-state index contributed by atoms with van der Waals surface area (Å²) in [6.07, 6.45) is 2.86. The van der Waals surface area contributed by atoms with E-state index in [0.717, 1.165) is 29.7 Å². The van der Waals surface area contributed by atoms with Gasteiger partial charge in [-0.15, -0.1) is 0 Å². The molecule has 0 unspecified atom stereocenters. The van der Waals surface area contributed by atoms with Crippen LogP contribution in [0.25, 0.3) is 0 Å². The Kier molecular flexibility index (Phi) is 8.18. The second-order valence-electron chi connectivity index (χ2n) is 7.68. The lowest BCUT2D eigenvalue weighted by Crippen LogP contribution is -2.47. The Labute approximate surface area is 188 Å². The predicted octanol–water partition coefficient (Wildman–Crippen LogP) is 3.64. The molecule has 0 saturated carbocycles. The van der Waals surface area contributed by atoms with Gasteiger partial charge in [0.05, 0.1) is 25.7 Å². The molecule has 1 aliphatic heterocycles. The van der Waals surface area contributed by atoms with E-state index < -0.39 is 0 Å². The Morgan fingerprint density at radius 2 is 1.77 bits per heavy atom. The van der Waals surface area contributed by atoms with Gasteiger partial charge < -0.3 is 19.7 Å². The van der Waals surface area contributed by atoms with E-state index >= 15 is 0 Å². The highest BCUT2D eigenvalue weighted by Gasteiger charge is 2.24. The molecule has 0 aromatic heterocycles. The van der Waals surface area contributed by atoms with Crippen LogP contribution in [0, 0.1) is 0 Å². The Morgan fingerprint density at radius 3 is 2.45 bits per heavy atom. The summed E-state index contributed by atoms with van der Waals surface area (Å²) < 4.78 is 10.5. The van der Waals surface area contributed by atoms with Crippen LogP contribution in [0.5, 0.6) is 11.5 Å². The molecule has 0 bridgehead atoms. The van der Waals surface area contributed by atoms with Gasteiger partial charge in [0, 0.05) is 31.1 Å². The van der Waals surface area contributed by atoms with Crippen molar-refractivity contribution in [3.8, 4) is 11.5 Å². The number of aryl methyl sites for hydroxylation is 1. The van der Waals surface area contributed by atoms with Crippen LogP contribution in [0.1, 0.15) is 30.4 Å². The summed E-state index contributed by atoms with van der Waals surface area (Å²) >= 11 is 6.14. The minimum Gasteiger partial charge on any atom is -0.496 e. The summed E-state index contributed by atoms with van der Waals surface area (Å²) in [4.78, 5) is 26.9. The third-order valence-electron chi connectivity index (χ3n) is 5.60. The molecular weight excluding hydrogens is 416 g/mol. The number of methoxy groups -OCH3 is 2. The maximum atomic E-state index is 12.7. The summed E-state index contributed by atoms with van der Waals surface area (Å²) in [6.45, 7) is 1.29. The number of rotatable bonds is 8. The van der Waals surface area contributed by atoms with Crippen LogP contribution in [0.2, 0.25) is 5.02 Å². The molecular formula is C24H29ClN2O4. The third kappa shape index (κ3) is 6.37. The topological polar surface area (TPSA) is 67.9 Å². The second kappa shape index (κ2) is 11.0. The summed E-state index contributed by atoms with van der Waals surface area (Å²) in [6, 6.07) is 13.2. The summed E-state index contributed by atoms with van der Waals surface area (Å²) in [7, 11) is 3.19. The highest BCUT2D eigenvalue weighted by atomic mass is 35.5. The first-order chi connectivity index (χ1) is 15.0. The Balaban J connectivity index is 1.41. The van der Waals surface area contributed by atoms with Gasteiger partial charge in [-0.05, 0) is 43.0 Å². The van der Waals surface area contributed by atoms with Crippen molar-refractivity contribution in [1.29, 1.82) is 0 Å². The molecule has 1 N–H and O–H groups in total. The number of halogens is 1. The van der Waals surface area contributed by atoms with E-state index in [0.29, 0.717) is 43.1 Å². The molecule has 3 rings (SSSR count). The first kappa shape index (κ1) is 22.9.